The molecular weight excluding hydrogens is 248 g/mol. The molecule has 6 atom stereocenters. The minimum atomic E-state index is 0.0790. The second kappa shape index (κ2) is 4.74. The third-order valence-corrected chi connectivity index (χ3v) is 6.02. The minimum Gasteiger partial charge on any atom is -0.294 e. The van der Waals surface area contributed by atoms with Crippen LogP contribution in [0.3, 0.4) is 0 Å². The fourth-order valence-electron chi connectivity index (χ4n) is 5.27. The SMILES string of the molecule is CC1CCC2C(=O)C(=C(C#N)C#N)C3CCC(C)C1C23. The van der Waals surface area contributed by atoms with Crippen LogP contribution in [-0.4, -0.2) is 5.78 Å². The lowest BCUT2D eigenvalue weighted by Crippen LogP contribution is -2.41. The van der Waals surface area contributed by atoms with E-state index in [4.69, 9.17) is 10.5 Å². The fraction of sp³-hybridized carbons (Fsp3) is 0.706. The summed E-state index contributed by atoms with van der Waals surface area (Å²) in [5, 5.41) is 18.3. The number of rotatable bonds is 0. The van der Waals surface area contributed by atoms with Gasteiger partial charge in [-0.15, -0.1) is 0 Å². The van der Waals surface area contributed by atoms with Crippen molar-refractivity contribution in [3.63, 3.8) is 0 Å². The fourth-order valence-corrected chi connectivity index (χ4v) is 5.27. The van der Waals surface area contributed by atoms with Gasteiger partial charge in [-0.25, -0.2) is 0 Å². The summed E-state index contributed by atoms with van der Waals surface area (Å²) in [5.41, 5.74) is 0.659. The Morgan fingerprint density at radius 3 is 2.05 bits per heavy atom. The molecule has 3 rings (SSSR count). The quantitative estimate of drug-likeness (QED) is 0.500. The van der Waals surface area contributed by atoms with E-state index in [1.165, 1.54) is 0 Å². The van der Waals surface area contributed by atoms with Crippen molar-refractivity contribution >= 4 is 5.78 Å². The normalized spacial score (nSPS) is 42.6. The molecule has 6 unspecified atom stereocenters. The molecule has 3 nitrogen and oxygen atoms in total. The number of ketones is 1. The average molecular weight is 268 g/mol. The van der Waals surface area contributed by atoms with Crippen molar-refractivity contribution in [1.29, 1.82) is 10.5 Å². The van der Waals surface area contributed by atoms with Gasteiger partial charge in [-0.2, -0.15) is 10.5 Å². The molecule has 0 aromatic rings. The van der Waals surface area contributed by atoms with Crippen LogP contribution < -0.4 is 0 Å². The van der Waals surface area contributed by atoms with Gasteiger partial charge in [0.25, 0.3) is 0 Å². The zero-order valence-electron chi connectivity index (χ0n) is 12.1. The van der Waals surface area contributed by atoms with E-state index in [2.05, 4.69) is 13.8 Å². The number of hydrogen-bond donors (Lipinski definition) is 0. The smallest absolute Gasteiger partial charge is 0.164 e. The highest BCUT2D eigenvalue weighted by Gasteiger charge is 2.56. The summed E-state index contributed by atoms with van der Waals surface area (Å²) in [4.78, 5) is 12.7. The highest BCUT2D eigenvalue weighted by Crippen LogP contribution is 2.58. The van der Waals surface area contributed by atoms with Crippen molar-refractivity contribution in [1.82, 2.24) is 0 Å². The third-order valence-electron chi connectivity index (χ3n) is 6.02. The lowest BCUT2D eigenvalue weighted by atomic mass is 9.57. The molecule has 0 aliphatic heterocycles. The first-order chi connectivity index (χ1) is 9.60. The van der Waals surface area contributed by atoms with Gasteiger partial charge in [-0.05, 0) is 55.3 Å². The molecule has 3 aliphatic rings. The van der Waals surface area contributed by atoms with Crippen molar-refractivity contribution in [2.24, 2.45) is 35.5 Å². The molecule has 0 spiro atoms. The average Bonchev–Trinajstić information content (AvgIpc) is 2.72. The number of allylic oxidation sites excluding steroid dienone is 2. The summed E-state index contributed by atoms with van der Waals surface area (Å²) in [6.45, 7) is 4.61. The summed E-state index contributed by atoms with van der Waals surface area (Å²) >= 11 is 0. The summed E-state index contributed by atoms with van der Waals surface area (Å²) in [6, 6.07) is 3.91. The van der Waals surface area contributed by atoms with Crippen molar-refractivity contribution in [3.05, 3.63) is 11.1 Å². The number of nitriles is 2. The van der Waals surface area contributed by atoms with Crippen molar-refractivity contribution < 1.29 is 4.79 Å². The molecular formula is C17H20N2O. The third kappa shape index (κ3) is 1.66. The van der Waals surface area contributed by atoms with Crippen LogP contribution in [0.1, 0.15) is 39.5 Å². The van der Waals surface area contributed by atoms with E-state index in [1.54, 1.807) is 0 Å². The summed E-state index contributed by atoms with van der Waals surface area (Å²) in [6.07, 6.45) is 4.14. The molecule has 3 heteroatoms. The van der Waals surface area contributed by atoms with Crippen LogP contribution >= 0.6 is 0 Å². The molecule has 0 aromatic carbocycles. The van der Waals surface area contributed by atoms with Gasteiger partial charge in [-0.3, -0.25) is 4.79 Å². The van der Waals surface area contributed by atoms with Gasteiger partial charge in [-0.1, -0.05) is 13.8 Å². The Morgan fingerprint density at radius 1 is 0.950 bits per heavy atom. The molecule has 3 saturated carbocycles. The lowest BCUT2D eigenvalue weighted by molar-refractivity contribution is -0.121. The largest absolute Gasteiger partial charge is 0.294 e. The monoisotopic (exact) mass is 268 g/mol. The van der Waals surface area contributed by atoms with Gasteiger partial charge >= 0.3 is 0 Å². The molecule has 104 valence electrons. The molecule has 0 N–H and O–H groups in total. The second-order valence-electron chi connectivity index (χ2n) is 6.85. The molecule has 0 bridgehead atoms. The first-order valence-electron chi connectivity index (χ1n) is 7.68. The zero-order valence-corrected chi connectivity index (χ0v) is 12.1. The van der Waals surface area contributed by atoms with E-state index in [0.29, 0.717) is 29.2 Å². The second-order valence-corrected chi connectivity index (χ2v) is 6.85. The van der Waals surface area contributed by atoms with Crippen molar-refractivity contribution in [2.75, 3.05) is 0 Å². The number of hydrogen-bond acceptors (Lipinski definition) is 3. The van der Waals surface area contributed by atoms with Gasteiger partial charge in [0.05, 0.1) is 0 Å². The van der Waals surface area contributed by atoms with Gasteiger partial charge in [0.1, 0.15) is 17.7 Å². The van der Waals surface area contributed by atoms with Crippen molar-refractivity contribution in [2.45, 2.75) is 39.5 Å². The highest BCUT2D eigenvalue weighted by atomic mass is 16.1. The standard InChI is InChI=1S/C17H20N2O/c1-9-3-5-12-15(11(7-18)8-19)17(20)13-6-4-10(2)14(9)16(12)13/h9-10,12-14,16H,3-6H2,1-2H3. The van der Waals surface area contributed by atoms with E-state index in [0.717, 1.165) is 25.7 Å². The van der Waals surface area contributed by atoms with Gasteiger partial charge in [0.2, 0.25) is 0 Å². The Balaban J connectivity index is 2.10. The summed E-state index contributed by atoms with van der Waals surface area (Å²) < 4.78 is 0. The van der Waals surface area contributed by atoms with Crippen LogP contribution in [0.15, 0.2) is 11.1 Å². The Kier molecular flexibility index (Phi) is 3.17. The van der Waals surface area contributed by atoms with E-state index in [-0.39, 0.29) is 23.2 Å². The molecule has 3 aliphatic carbocycles. The predicted molar refractivity (Wildman–Crippen MR) is 74.0 cm³/mol. The molecule has 20 heavy (non-hydrogen) atoms. The number of Topliss-reactive ketones (excluding diaryl/α,β-unsaturated/α-hetero) is 1. The first kappa shape index (κ1) is 13.4. The van der Waals surface area contributed by atoms with Crippen LogP contribution in [0, 0.1) is 58.2 Å². The van der Waals surface area contributed by atoms with E-state index in [1.807, 2.05) is 12.1 Å². The molecule has 0 radical (unpaired) electrons. The maximum absolute atomic E-state index is 12.7. The Bertz CT molecular complexity index is 543. The molecule has 0 saturated heterocycles. The number of carbonyl (C=O) groups is 1. The number of nitrogens with zero attached hydrogens (tertiary/aromatic N) is 2. The van der Waals surface area contributed by atoms with Crippen LogP contribution in [0.2, 0.25) is 0 Å². The Hall–Kier alpha value is -1.61. The Labute approximate surface area is 120 Å². The molecule has 0 heterocycles. The number of carbonyl (C=O) groups excluding carboxylic acids is 1. The maximum atomic E-state index is 12.7. The minimum absolute atomic E-state index is 0.0790. The molecule has 0 amide bonds. The van der Waals surface area contributed by atoms with Crippen LogP contribution in [0.5, 0.6) is 0 Å². The Morgan fingerprint density at radius 2 is 1.50 bits per heavy atom. The first-order valence-corrected chi connectivity index (χ1v) is 7.68. The highest BCUT2D eigenvalue weighted by molar-refractivity contribution is 6.02. The van der Waals surface area contributed by atoms with E-state index < -0.39 is 0 Å². The van der Waals surface area contributed by atoms with E-state index in [9.17, 15) is 4.79 Å². The van der Waals surface area contributed by atoms with Crippen LogP contribution in [-0.2, 0) is 4.79 Å². The van der Waals surface area contributed by atoms with Gasteiger partial charge in [0, 0.05) is 11.5 Å². The van der Waals surface area contributed by atoms with Crippen molar-refractivity contribution in [3.8, 4) is 12.1 Å². The molecule has 3 fully saturated rings. The van der Waals surface area contributed by atoms with E-state index >= 15 is 0 Å². The maximum Gasteiger partial charge on any atom is 0.164 e. The van der Waals surface area contributed by atoms with Gasteiger partial charge in [0.15, 0.2) is 5.78 Å². The van der Waals surface area contributed by atoms with Crippen LogP contribution in [0.25, 0.3) is 0 Å². The van der Waals surface area contributed by atoms with Crippen LogP contribution in [0.4, 0.5) is 0 Å². The zero-order chi connectivity index (χ0) is 14.4. The summed E-state index contributed by atoms with van der Waals surface area (Å²) in [5.74, 6) is 2.67. The topological polar surface area (TPSA) is 64.7 Å². The van der Waals surface area contributed by atoms with Gasteiger partial charge < -0.3 is 0 Å². The summed E-state index contributed by atoms with van der Waals surface area (Å²) in [7, 11) is 0. The lowest BCUT2D eigenvalue weighted by Gasteiger charge is -2.47. The predicted octanol–water partition coefficient (Wildman–Crippen LogP) is 3.24. The molecule has 0 aromatic heterocycles.